The van der Waals surface area contributed by atoms with Crippen LogP contribution in [0.1, 0.15) is 0 Å². The summed E-state index contributed by atoms with van der Waals surface area (Å²) in [5.41, 5.74) is 0.946. The lowest BCUT2D eigenvalue weighted by Crippen LogP contribution is -2.15. The lowest BCUT2D eigenvalue weighted by molar-refractivity contribution is 0.171. The number of halogens is 2. The molecule has 1 aliphatic rings. The smallest absolute Gasteiger partial charge is 0.164 e. The third-order valence-electron chi connectivity index (χ3n) is 2.64. The minimum Gasteiger partial charge on any atom is -0.486 e. The number of benzene rings is 1. The Hall–Kier alpha value is -2.01. The van der Waals surface area contributed by atoms with E-state index in [2.05, 4.69) is 10.3 Å². The predicted octanol–water partition coefficient (Wildman–Crippen LogP) is 3.39. The van der Waals surface area contributed by atoms with Crippen LogP contribution in [-0.4, -0.2) is 18.2 Å². The summed E-state index contributed by atoms with van der Waals surface area (Å²) in [6.45, 7) is 1.04. The van der Waals surface area contributed by atoms with Crippen molar-refractivity contribution in [1.82, 2.24) is 4.98 Å². The van der Waals surface area contributed by atoms with Crippen LogP contribution >= 0.6 is 11.6 Å². The molecule has 0 fully saturated rings. The van der Waals surface area contributed by atoms with Gasteiger partial charge in [0.1, 0.15) is 18.4 Å². The van der Waals surface area contributed by atoms with Crippen LogP contribution in [-0.2, 0) is 0 Å². The van der Waals surface area contributed by atoms with E-state index in [9.17, 15) is 4.39 Å². The zero-order valence-electron chi connectivity index (χ0n) is 9.82. The lowest BCUT2D eigenvalue weighted by atomic mass is 10.2. The van der Waals surface area contributed by atoms with Gasteiger partial charge in [-0.05, 0) is 12.1 Å². The molecule has 0 saturated heterocycles. The van der Waals surface area contributed by atoms with E-state index in [1.165, 1.54) is 6.07 Å². The molecule has 0 radical (unpaired) electrons. The van der Waals surface area contributed by atoms with Gasteiger partial charge < -0.3 is 14.8 Å². The fraction of sp³-hybridized carbons (Fsp3) is 0.154. The van der Waals surface area contributed by atoms with Gasteiger partial charge in [-0.1, -0.05) is 11.6 Å². The molecular weight excluding hydrogens is 271 g/mol. The van der Waals surface area contributed by atoms with Crippen molar-refractivity contribution >= 4 is 23.0 Å². The lowest BCUT2D eigenvalue weighted by Gasteiger charge is -2.19. The van der Waals surface area contributed by atoms with Crippen LogP contribution < -0.4 is 14.8 Å². The van der Waals surface area contributed by atoms with E-state index in [4.69, 9.17) is 21.1 Å². The van der Waals surface area contributed by atoms with Gasteiger partial charge in [-0.3, -0.25) is 0 Å². The highest BCUT2D eigenvalue weighted by molar-refractivity contribution is 6.29. The summed E-state index contributed by atoms with van der Waals surface area (Å²) in [5, 5.41) is 3.15. The number of aromatic nitrogens is 1. The first kappa shape index (κ1) is 12.0. The number of fused-ring (bicyclic) bond motifs is 1. The second-order valence-corrected chi connectivity index (χ2v) is 4.36. The van der Waals surface area contributed by atoms with Crippen molar-refractivity contribution in [3.05, 3.63) is 41.4 Å². The zero-order valence-corrected chi connectivity index (χ0v) is 10.6. The Bertz CT molecular complexity index is 622. The maximum Gasteiger partial charge on any atom is 0.164 e. The number of pyridine rings is 1. The maximum absolute atomic E-state index is 13.6. The molecule has 0 aliphatic carbocycles. The molecule has 3 rings (SSSR count). The first-order valence-electron chi connectivity index (χ1n) is 5.70. The minimum atomic E-state index is -0.473. The predicted molar refractivity (Wildman–Crippen MR) is 69.9 cm³/mol. The molecule has 1 aromatic carbocycles. The molecular formula is C13H10ClFN2O2. The van der Waals surface area contributed by atoms with Gasteiger partial charge in [-0.15, -0.1) is 0 Å². The van der Waals surface area contributed by atoms with E-state index in [0.29, 0.717) is 30.4 Å². The van der Waals surface area contributed by atoms with Crippen LogP contribution in [0.5, 0.6) is 11.5 Å². The van der Waals surface area contributed by atoms with Gasteiger partial charge in [0.25, 0.3) is 0 Å². The van der Waals surface area contributed by atoms with Gasteiger partial charge in [0.15, 0.2) is 17.3 Å². The number of rotatable bonds is 2. The molecule has 1 N–H and O–H groups in total. The summed E-state index contributed by atoms with van der Waals surface area (Å²) in [5.74, 6) is 0.848. The number of anilines is 2. The van der Waals surface area contributed by atoms with E-state index in [0.717, 1.165) is 6.20 Å². The van der Waals surface area contributed by atoms with Crippen LogP contribution in [0.2, 0.25) is 5.15 Å². The van der Waals surface area contributed by atoms with Crippen LogP contribution in [0.25, 0.3) is 0 Å². The molecule has 1 aliphatic heterocycles. The van der Waals surface area contributed by atoms with Gasteiger partial charge in [0.05, 0.1) is 11.9 Å². The highest BCUT2D eigenvalue weighted by Gasteiger charge is 2.12. The van der Waals surface area contributed by atoms with Gasteiger partial charge in [0, 0.05) is 17.8 Å². The molecule has 1 aromatic heterocycles. The first-order chi connectivity index (χ1) is 9.22. The summed E-state index contributed by atoms with van der Waals surface area (Å²) < 4.78 is 24.4. The van der Waals surface area contributed by atoms with Crippen molar-refractivity contribution < 1.29 is 13.9 Å². The standard InChI is InChI=1S/C13H10ClFN2O2/c14-13-6-10(9(15)7-16-13)17-8-1-2-11-12(5-8)19-4-3-18-11/h1-2,5-7H,3-4H2,(H,16,17). The molecule has 4 nitrogen and oxygen atoms in total. The normalized spacial score (nSPS) is 13.2. The largest absolute Gasteiger partial charge is 0.486 e. The Labute approximate surface area is 114 Å². The summed E-state index contributed by atoms with van der Waals surface area (Å²) in [6.07, 6.45) is 1.07. The average molecular weight is 281 g/mol. The second kappa shape index (κ2) is 4.93. The van der Waals surface area contributed by atoms with E-state index in [-0.39, 0.29) is 10.8 Å². The van der Waals surface area contributed by atoms with Gasteiger partial charge in [0.2, 0.25) is 0 Å². The third kappa shape index (κ3) is 2.56. The fourth-order valence-corrected chi connectivity index (χ4v) is 1.94. The average Bonchev–Trinajstić information content (AvgIpc) is 2.43. The van der Waals surface area contributed by atoms with Crippen molar-refractivity contribution in [2.24, 2.45) is 0 Å². The molecule has 2 aromatic rings. The Morgan fingerprint density at radius 3 is 2.79 bits per heavy atom. The van der Waals surface area contributed by atoms with Crippen LogP contribution in [0.3, 0.4) is 0 Å². The number of hydrogen-bond acceptors (Lipinski definition) is 4. The molecule has 0 spiro atoms. The summed E-state index contributed by atoms with van der Waals surface area (Å²) in [6, 6.07) is 6.73. The molecule has 6 heteroatoms. The van der Waals surface area contributed by atoms with Gasteiger partial charge in [-0.2, -0.15) is 0 Å². The van der Waals surface area contributed by atoms with Crippen LogP contribution in [0.15, 0.2) is 30.5 Å². The van der Waals surface area contributed by atoms with Crippen molar-refractivity contribution in [2.75, 3.05) is 18.5 Å². The molecule has 0 amide bonds. The molecule has 0 saturated carbocycles. The molecule has 98 valence electrons. The van der Waals surface area contributed by atoms with Crippen molar-refractivity contribution in [3.63, 3.8) is 0 Å². The Morgan fingerprint density at radius 1 is 1.16 bits per heavy atom. The molecule has 19 heavy (non-hydrogen) atoms. The Morgan fingerprint density at radius 2 is 1.95 bits per heavy atom. The first-order valence-corrected chi connectivity index (χ1v) is 6.08. The quantitative estimate of drug-likeness (QED) is 0.857. The molecule has 2 heterocycles. The highest BCUT2D eigenvalue weighted by atomic mass is 35.5. The number of nitrogens with zero attached hydrogens (tertiary/aromatic N) is 1. The molecule has 0 atom stereocenters. The minimum absolute atomic E-state index is 0.224. The summed E-state index contributed by atoms with van der Waals surface area (Å²) in [7, 11) is 0. The van der Waals surface area contributed by atoms with Crippen LogP contribution in [0.4, 0.5) is 15.8 Å². The maximum atomic E-state index is 13.6. The number of nitrogens with one attached hydrogen (secondary N) is 1. The monoisotopic (exact) mass is 280 g/mol. The van der Waals surface area contributed by atoms with Gasteiger partial charge in [-0.25, -0.2) is 9.37 Å². The van der Waals surface area contributed by atoms with Gasteiger partial charge >= 0.3 is 0 Å². The topological polar surface area (TPSA) is 43.4 Å². The molecule has 0 bridgehead atoms. The SMILES string of the molecule is Fc1cnc(Cl)cc1Nc1ccc2c(c1)OCCO2. The number of hydrogen-bond donors (Lipinski definition) is 1. The zero-order chi connectivity index (χ0) is 13.2. The van der Waals surface area contributed by atoms with E-state index in [1.807, 2.05) is 0 Å². The van der Waals surface area contributed by atoms with E-state index < -0.39 is 5.82 Å². The Kier molecular flexibility index (Phi) is 3.13. The van der Waals surface area contributed by atoms with E-state index >= 15 is 0 Å². The second-order valence-electron chi connectivity index (χ2n) is 3.97. The van der Waals surface area contributed by atoms with Crippen molar-refractivity contribution in [1.29, 1.82) is 0 Å². The Balaban J connectivity index is 1.89. The highest BCUT2D eigenvalue weighted by Crippen LogP contribution is 2.34. The van der Waals surface area contributed by atoms with Crippen LogP contribution in [0, 0.1) is 5.82 Å². The number of ether oxygens (including phenoxy) is 2. The summed E-state index contributed by atoms with van der Waals surface area (Å²) >= 11 is 5.74. The third-order valence-corrected chi connectivity index (χ3v) is 2.85. The molecule has 0 unspecified atom stereocenters. The summed E-state index contributed by atoms with van der Waals surface area (Å²) in [4.78, 5) is 3.66. The van der Waals surface area contributed by atoms with Crippen molar-refractivity contribution in [2.45, 2.75) is 0 Å². The fourth-order valence-electron chi connectivity index (χ4n) is 1.79. The van der Waals surface area contributed by atoms with Crippen molar-refractivity contribution in [3.8, 4) is 11.5 Å². The van der Waals surface area contributed by atoms with E-state index in [1.54, 1.807) is 18.2 Å².